The molecule has 0 radical (unpaired) electrons. The Morgan fingerprint density at radius 3 is 1.29 bits per heavy atom. The molecule has 0 aliphatic heterocycles. The van der Waals surface area contributed by atoms with E-state index in [4.69, 9.17) is 11.5 Å². The molecular weight excluding hydrogens is 1030 g/mol. The summed E-state index contributed by atoms with van der Waals surface area (Å²) in [6.45, 7) is 51.1. The van der Waals surface area contributed by atoms with Crippen LogP contribution in [0.2, 0.25) is 0 Å². The molecule has 0 atom stereocenters. The minimum absolute atomic E-state index is 0. The number of aromatic nitrogens is 3. The molecule has 0 saturated carbocycles. The number of hydrogen-bond donors (Lipinski definition) is 4. The zero-order chi connectivity index (χ0) is 61.5. The van der Waals surface area contributed by atoms with Crippen molar-refractivity contribution in [2.75, 3.05) is 18.6 Å². The monoisotopic (exact) mass is 1190 g/mol. The number of guanidine groups is 1. The molecule has 4 aromatic rings. The third-order valence-corrected chi connectivity index (χ3v) is 12.5. The summed E-state index contributed by atoms with van der Waals surface area (Å²) in [4.78, 5) is 14.1. The molecule has 7 heteroatoms. The summed E-state index contributed by atoms with van der Waals surface area (Å²) < 4.78 is 0. The lowest BCUT2D eigenvalue weighted by atomic mass is 10.1. The van der Waals surface area contributed by atoms with Crippen LogP contribution in [0.1, 0.15) is 347 Å². The molecule has 0 aliphatic carbocycles. The first kappa shape index (κ1) is 111. The van der Waals surface area contributed by atoms with Crippen LogP contribution in [0.5, 0.6) is 0 Å². The maximum absolute atomic E-state index is 5.16. The van der Waals surface area contributed by atoms with Gasteiger partial charge in [-0.15, -0.1) is 0 Å². The first-order chi connectivity index (χ1) is 37.4. The molecule has 83 heavy (non-hydrogen) atoms. The molecule has 2 aromatic heterocycles. The Morgan fingerprint density at radius 1 is 0.518 bits per heavy atom. The largest absolute Gasteiger partial charge is 0.370 e. The number of aryl methyl sites for hydroxylation is 4. The number of aliphatic imine (C=N–C) groups is 1. The van der Waals surface area contributed by atoms with Gasteiger partial charge in [-0.3, -0.25) is 4.99 Å². The van der Waals surface area contributed by atoms with Gasteiger partial charge in [0.05, 0.1) is 6.33 Å². The van der Waals surface area contributed by atoms with Gasteiger partial charge in [-0.25, -0.2) is 4.98 Å². The lowest BCUT2D eigenvalue weighted by Gasteiger charge is -1.98. The average Bonchev–Trinajstić information content (AvgIpc) is 4.13. The number of benzene rings is 2. The Labute approximate surface area is 533 Å². The van der Waals surface area contributed by atoms with Crippen molar-refractivity contribution in [2.45, 2.75) is 350 Å². The second-order valence-electron chi connectivity index (χ2n) is 20.6. The normalized spacial score (nSPS) is 8.76. The quantitative estimate of drug-likeness (QED) is 0.0337. The topological polar surface area (TPSA) is 109 Å². The second-order valence-corrected chi connectivity index (χ2v) is 21.6. The number of fused-ring (bicyclic) bond motifs is 1. The molecule has 0 aliphatic rings. The van der Waals surface area contributed by atoms with E-state index in [-0.39, 0.29) is 43.1 Å². The van der Waals surface area contributed by atoms with Crippen LogP contribution in [0.3, 0.4) is 0 Å². The van der Waals surface area contributed by atoms with Crippen molar-refractivity contribution in [3.63, 3.8) is 0 Å². The van der Waals surface area contributed by atoms with E-state index in [0.717, 1.165) is 37.1 Å². The second kappa shape index (κ2) is 101. The number of H-pyrrole nitrogens is 2. The van der Waals surface area contributed by atoms with Crippen LogP contribution >= 0.6 is 11.8 Å². The predicted octanol–water partition coefficient (Wildman–Crippen LogP) is 27.4. The highest BCUT2D eigenvalue weighted by Gasteiger charge is 2.00. The van der Waals surface area contributed by atoms with Crippen molar-refractivity contribution >= 4 is 28.6 Å². The third kappa shape index (κ3) is 107. The summed E-state index contributed by atoms with van der Waals surface area (Å²) in [6, 6.07) is 17.2. The zero-order valence-electron chi connectivity index (χ0n) is 57.4. The molecule has 0 bridgehead atoms. The summed E-state index contributed by atoms with van der Waals surface area (Å²) in [5, 5.41) is 1.37. The van der Waals surface area contributed by atoms with E-state index in [2.05, 4.69) is 226 Å². The Hall–Kier alpha value is -3.19. The van der Waals surface area contributed by atoms with Crippen LogP contribution in [-0.2, 0) is 19.3 Å². The fraction of sp³-hybridized carbons (Fsp3) is 0.763. The molecule has 0 fully saturated rings. The Balaban J connectivity index is -0.0000000597. The van der Waals surface area contributed by atoms with Crippen LogP contribution in [-0.4, -0.2) is 39.5 Å². The van der Waals surface area contributed by atoms with Gasteiger partial charge in [-0.05, 0) is 86.0 Å². The van der Waals surface area contributed by atoms with Gasteiger partial charge in [0.25, 0.3) is 0 Å². The van der Waals surface area contributed by atoms with E-state index in [0.29, 0.717) is 0 Å². The van der Waals surface area contributed by atoms with Crippen LogP contribution in [0, 0.1) is 24.7 Å². The summed E-state index contributed by atoms with van der Waals surface area (Å²) in [5.41, 5.74) is 17.0. The van der Waals surface area contributed by atoms with Crippen LogP contribution in [0.15, 0.2) is 72.2 Å². The van der Waals surface area contributed by atoms with E-state index in [1.165, 1.54) is 180 Å². The van der Waals surface area contributed by atoms with E-state index < -0.39 is 0 Å². The molecule has 2 heterocycles. The summed E-state index contributed by atoms with van der Waals surface area (Å²) >= 11 is 1.90. The fourth-order valence-corrected chi connectivity index (χ4v) is 6.10. The summed E-state index contributed by atoms with van der Waals surface area (Å²) in [5.74, 6) is 4.23. The molecule has 504 valence electrons. The standard InChI is InChI=1S/C11H13N.C10H14.C8H19N3.C6H10N2.2C6H14.2C5H12.C4H10S.2C4H10.C2H6.5CH4/c1-2-5-9-8-12-11-7-4-3-6-10(9)11;1-3-4-10-7-5-9(2)6-8-10;1-2-3-4-5-6-7-11-8(9)10;1-2-3-6-4-7-5-8-6;1-4-5-6(2)3;1-4-6(3)5-2;1-4-5(2)3;1-3-5-4-2;1-3-4-5-2;2*1-3-4-2;1-2;;;;;/h3-4,6-8,12H,2,5H2,1H3;5-8H,3-4H2,1-2H3;2-7H2,1H3,(H4,9,10,11);4-5H,2-3H2,1H3,(H,7,8);2*6H,4-5H2,1-3H3;5H,4H2,1-3H3;3-5H2,1-2H3;3-4H2,1-2H3;2*3-4H2,1-2H3;1-2H3;5*1H4. The average molecular weight is 1190 g/mol. The molecule has 0 saturated heterocycles. The maximum atomic E-state index is 5.16. The number of thioether (sulfide) groups is 1. The number of unbranched alkanes of at least 4 members (excludes halogenated alkanes) is 8. The van der Waals surface area contributed by atoms with Gasteiger partial charge in [0.1, 0.15) is 0 Å². The van der Waals surface area contributed by atoms with Crippen molar-refractivity contribution in [3.8, 4) is 0 Å². The van der Waals surface area contributed by atoms with E-state index >= 15 is 0 Å². The highest BCUT2D eigenvalue weighted by atomic mass is 32.2. The van der Waals surface area contributed by atoms with Crippen molar-refractivity contribution < 1.29 is 0 Å². The minimum atomic E-state index is 0. The number of imidazole rings is 1. The lowest BCUT2D eigenvalue weighted by molar-refractivity contribution is 0.544. The number of nitrogens with one attached hydrogen (secondary N) is 2. The van der Waals surface area contributed by atoms with Gasteiger partial charge < -0.3 is 21.4 Å². The summed E-state index contributed by atoms with van der Waals surface area (Å²) in [7, 11) is 0. The Bertz CT molecular complexity index is 1540. The van der Waals surface area contributed by atoms with Gasteiger partial charge in [0, 0.05) is 35.5 Å². The molecule has 0 amide bonds. The molecule has 0 spiro atoms. The van der Waals surface area contributed by atoms with Gasteiger partial charge in [-0.2, -0.15) is 11.8 Å². The van der Waals surface area contributed by atoms with Gasteiger partial charge in [-0.1, -0.05) is 359 Å². The van der Waals surface area contributed by atoms with Crippen molar-refractivity contribution in [1.82, 2.24) is 15.0 Å². The zero-order valence-corrected chi connectivity index (χ0v) is 58.2. The number of nitrogens with two attached hydrogens (primary N) is 2. The SMILES string of the molecule is C.C.C.C.C.CC.CCC(C)C.CCC(C)CC.CCCC.CCCC.CCCC(C)C.CCCCC.CCCCCCCN=C(N)N.CCCSC.CCCc1c[nH]c2ccccc12.CCCc1ccc(C)cc1.CCCc1cnc[nH]1. The van der Waals surface area contributed by atoms with E-state index in [1.807, 2.05) is 31.8 Å². The van der Waals surface area contributed by atoms with Crippen molar-refractivity contribution in [3.05, 3.63) is 89.6 Å². The van der Waals surface area contributed by atoms with Crippen molar-refractivity contribution in [1.29, 1.82) is 0 Å². The van der Waals surface area contributed by atoms with Gasteiger partial charge in [0.15, 0.2) is 5.96 Å². The molecule has 4 rings (SSSR count). The Morgan fingerprint density at radius 2 is 0.988 bits per heavy atom. The van der Waals surface area contributed by atoms with Crippen LogP contribution < -0.4 is 11.5 Å². The molecule has 6 N–H and O–H groups in total. The number of hydrogen-bond acceptors (Lipinski definition) is 3. The number of rotatable bonds is 23. The number of para-hydroxylation sites is 1. The molecule has 6 nitrogen and oxygen atoms in total. The predicted molar refractivity (Wildman–Crippen MR) is 404 cm³/mol. The number of nitrogens with zero attached hydrogens (tertiary/aromatic N) is 2. The lowest BCUT2D eigenvalue weighted by Crippen LogP contribution is -2.22. The first-order valence-electron chi connectivity index (χ1n) is 32.6. The van der Waals surface area contributed by atoms with Crippen LogP contribution in [0.25, 0.3) is 10.9 Å². The van der Waals surface area contributed by atoms with Gasteiger partial charge in [0.2, 0.25) is 0 Å². The Kier molecular flexibility index (Phi) is 135. The maximum Gasteiger partial charge on any atom is 0.185 e. The molecule has 2 aromatic carbocycles. The van der Waals surface area contributed by atoms with Crippen LogP contribution in [0.4, 0.5) is 0 Å². The smallest absolute Gasteiger partial charge is 0.185 e. The third-order valence-electron chi connectivity index (χ3n) is 11.7. The fourth-order valence-electron chi connectivity index (χ4n) is 5.69. The molecule has 0 unspecified atom stereocenters. The van der Waals surface area contributed by atoms with E-state index in [1.54, 1.807) is 6.33 Å². The summed E-state index contributed by atoms with van der Waals surface area (Å²) in [6.07, 6.45) is 38.5. The van der Waals surface area contributed by atoms with Crippen molar-refractivity contribution in [2.24, 2.45) is 34.2 Å². The van der Waals surface area contributed by atoms with Gasteiger partial charge >= 0.3 is 0 Å². The minimum Gasteiger partial charge on any atom is -0.370 e. The highest BCUT2D eigenvalue weighted by Crippen LogP contribution is 2.18. The highest BCUT2D eigenvalue weighted by molar-refractivity contribution is 7.98. The molecular formula is C76H164N6S. The first-order valence-corrected chi connectivity index (χ1v) is 34.0. The van der Waals surface area contributed by atoms with E-state index in [9.17, 15) is 0 Å². The number of aromatic amines is 2.